The number of morpholine rings is 1. The van der Waals surface area contributed by atoms with Crippen molar-refractivity contribution < 1.29 is 4.74 Å². The maximum Gasteiger partial charge on any atom is 0.156 e. The van der Waals surface area contributed by atoms with Gasteiger partial charge < -0.3 is 4.74 Å². The number of imidazole rings is 1. The molecule has 1 aliphatic heterocycles. The van der Waals surface area contributed by atoms with E-state index in [2.05, 4.69) is 45.3 Å². The van der Waals surface area contributed by atoms with Crippen molar-refractivity contribution in [2.24, 2.45) is 0 Å². The first kappa shape index (κ1) is 13.4. The molecule has 0 bridgehead atoms. The Balaban J connectivity index is 1.53. The molecular formula is C17H18N4O. The van der Waals surface area contributed by atoms with E-state index in [1.54, 1.807) is 12.5 Å². The van der Waals surface area contributed by atoms with E-state index < -0.39 is 0 Å². The molecule has 0 atom stereocenters. The minimum atomic E-state index is 0.842. The predicted octanol–water partition coefficient (Wildman–Crippen LogP) is 2.23. The second-order valence-electron chi connectivity index (χ2n) is 5.59. The van der Waals surface area contributed by atoms with Crippen molar-refractivity contribution in [3.8, 4) is 11.1 Å². The van der Waals surface area contributed by atoms with Gasteiger partial charge in [-0.05, 0) is 11.1 Å². The molecule has 112 valence electrons. The van der Waals surface area contributed by atoms with E-state index in [1.165, 1.54) is 11.1 Å². The molecule has 0 spiro atoms. The lowest BCUT2D eigenvalue weighted by Gasteiger charge is -2.26. The van der Waals surface area contributed by atoms with Crippen molar-refractivity contribution in [2.75, 3.05) is 26.3 Å². The smallest absolute Gasteiger partial charge is 0.156 e. The van der Waals surface area contributed by atoms with E-state index in [1.807, 2.05) is 10.6 Å². The van der Waals surface area contributed by atoms with Gasteiger partial charge in [0.2, 0.25) is 0 Å². The highest BCUT2D eigenvalue weighted by molar-refractivity contribution is 5.63. The van der Waals surface area contributed by atoms with E-state index in [9.17, 15) is 0 Å². The fraction of sp³-hybridized carbons (Fsp3) is 0.294. The Morgan fingerprint density at radius 2 is 1.82 bits per heavy atom. The van der Waals surface area contributed by atoms with Gasteiger partial charge in [0.25, 0.3) is 0 Å². The van der Waals surface area contributed by atoms with Crippen LogP contribution in [0.2, 0.25) is 0 Å². The molecule has 22 heavy (non-hydrogen) atoms. The Labute approximate surface area is 129 Å². The summed E-state index contributed by atoms with van der Waals surface area (Å²) in [6.07, 6.45) is 7.49. The molecule has 5 nitrogen and oxygen atoms in total. The number of ether oxygens (including phenoxy) is 1. The maximum absolute atomic E-state index is 5.39. The summed E-state index contributed by atoms with van der Waals surface area (Å²) in [5.74, 6) is 0. The van der Waals surface area contributed by atoms with Gasteiger partial charge in [-0.2, -0.15) is 0 Å². The average Bonchev–Trinajstić information content (AvgIpc) is 3.04. The number of rotatable bonds is 3. The molecule has 1 saturated heterocycles. The van der Waals surface area contributed by atoms with Gasteiger partial charge in [-0.1, -0.05) is 24.3 Å². The Morgan fingerprint density at radius 3 is 2.64 bits per heavy atom. The summed E-state index contributed by atoms with van der Waals surface area (Å²) < 4.78 is 7.33. The summed E-state index contributed by atoms with van der Waals surface area (Å²) in [6.45, 7) is 4.71. The number of nitrogens with zero attached hydrogens (tertiary/aromatic N) is 4. The third-order valence-electron chi connectivity index (χ3n) is 4.06. The fourth-order valence-electron chi connectivity index (χ4n) is 2.79. The predicted molar refractivity (Wildman–Crippen MR) is 84.5 cm³/mol. The lowest BCUT2D eigenvalue weighted by molar-refractivity contribution is 0.0342. The molecule has 3 heterocycles. The molecule has 1 aliphatic rings. The summed E-state index contributed by atoms with van der Waals surface area (Å²) in [4.78, 5) is 10.9. The maximum atomic E-state index is 5.39. The molecular weight excluding hydrogens is 276 g/mol. The zero-order chi connectivity index (χ0) is 14.8. The van der Waals surface area contributed by atoms with E-state index in [0.717, 1.165) is 44.1 Å². The Kier molecular flexibility index (Phi) is 3.58. The van der Waals surface area contributed by atoms with Crippen molar-refractivity contribution >= 4 is 5.65 Å². The van der Waals surface area contributed by atoms with Crippen LogP contribution in [0.1, 0.15) is 5.56 Å². The second-order valence-corrected chi connectivity index (χ2v) is 5.59. The van der Waals surface area contributed by atoms with Crippen LogP contribution < -0.4 is 0 Å². The number of fused-ring (bicyclic) bond motifs is 1. The molecule has 2 aromatic heterocycles. The van der Waals surface area contributed by atoms with Crippen LogP contribution in [0.5, 0.6) is 0 Å². The summed E-state index contributed by atoms with van der Waals surface area (Å²) in [5.41, 5.74) is 4.48. The highest BCUT2D eigenvalue weighted by Gasteiger charge is 2.10. The zero-order valence-electron chi connectivity index (χ0n) is 12.4. The minimum Gasteiger partial charge on any atom is -0.379 e. The van der Waals surface area contributed by atoms with Crippen molar-refractivity contribution in [3.63, 3.8) is 0 Å². The molecule has 0 amide bonds. The zero-order valence-corrected chi connectivity index (χ0v) is 12.4. The Hall–Kier alpha value is -2.24. The molecule has 0 aliphatic carbocycles. The first-order chi connectivity index (χ1) is 10.9. The number of aromatic nitrogens is 3. The lowest BCUT2D eigenvalue weighted by Crippen LogP contribution is -2.35. The largest absolute Gasteiger partial charge is 0.379 e. The van der Waals surface area contributed by atoms with E-state index in [0.29, 0.717) is 0 Å². The van der Waals surface area contributed by atoms with Crippen LogP contribution in [0.15, 0.2) is 49.2 Å². The van der Waals surface area contributed by atoms with E-state index >= 15 is 0 Å². The van der Waals surface area contributed by atoms with Crippen molar-refractivity contribution in [1.82, 2.24) is 19.3 Å². The molecule has 1 fully saturated rings. The van der Waals surface area contributed by atoms with Gasteiger partial charge in [0.15, 0.2) is 5.65 Å². The first-order valence-corrected chi connectivity index (χ1v) is 7.56. The van der Waals surface area contributed by atoms with E-state index in [4.69, 9.17) is 4.74 Å². The molecule has 4 rings (SSSR count). The highest BCUT2D eigenvalue weighted by atomic mass is 16.5. The van der Waals surface area contributed by atoms with Crippen molar-refractivity contribution in [2.45, 2.75) is 6.54 Å². The average molecular weight is 294 g/mol. The fourth-order valence-corrected chi connectivity index (χ4v) is 2.79. The standard InChI is InChI=1S/C17H18N4O/c1-3-15(16-9-19-17-10-18-13-21(17)12-16)4-2-14(1)11-20-5-7-22-8-6-20/h1-4,9-10,12-13H,5-8,11H2. The SMILES string of the molecule is c1cc(-c2cnc3cncn3c2)ccc1CN1CCOCC1. The Morgan fingerprint density at radius 1 is 1.00 bits per heavy atom. The third-order valence-corrected chi connectivity index (χ3v) is 4.06. The lowest BCUT2D eigenvalue weighted by atomic mass is 10.1. The van der Waals surface area contributed by atoms with Gasteiger partial charge in [-0.15, -0.1) is 0 Å². The van der Waals surface area contributed by atoms with Crippen LogP contribution >= 0.6 is 0 Å². The second kappa shape index (κ2) is 5.87. The number of benzene rings is 1. The summed E-state index contributed by atoms with van der Waals surface area (Å²) >= 11 is 0. The first-order valence-electron chi connectivity index (χ1n) is 7.56. The van der Waals surface area contributed by atoms with Crippen LogP contribution in [0.25, 0.3) is 16.8 Å². The van der Waals surface area contributed by atoms with Gasteiger partial charge in [0.1, 0.15) is 6.33 Å². The topological polar surface area (TPSA) is 42.7 Å². The molecule has 5 heteroatoms. The molecule has 1 aromatic carbocycles. The third kappa shape index (κ3) is 2.73. The van der Waals surface area contributed by atoms with Crippen molar-refractivity contribution in [1.29, 1.82) is 0 Å². The normalized spacial score (nSPS) is 16.2. The van der Waals surface area contributed by atoms with Crippen LogP contribution in [0.4, 0.5) is 0 Å². The van der Waals surface area contributed by atoms with Gasteiger partial charge in [0, 0.05) is 37.6 Å². The number of hydrogen-bond acceptors (Lipinski definition) is 4. The van der Waals surface area contributed by atoms with Gasteiger partial charge in [-0.25, -0.2) is 9.97 Å². The van der Waals surface area contributed by atoms with Gasteiger partial charge in [0.05, 0.1) is 19.4 Å². The molecule has 0 radical (unpaired) electrons. The van der Waals surface area contributed by atoms with Crippen LogP contribution in [-0.4, -0.2) is 45.6 Å². The van der Waals surface area contributed by atoms with Crippen LogP contribution in [0, 0.1) is 0 Å². The molecule has 0 N–H and O–H groups in total. The minimum absolute atomic E-state index is 0.842. The van der Waals surface area contributed by atoms with Crippen LogP contribution in [-0.2, 0) is 11.3 Å². The Bertz CT molecular complexity index is 760. The molecule has 0 saturated carbocycles. The van der Waals surface area contributed by atoms with E-state index in [-0.39, 0.29) is 0 Å². The van der Waals surface area contributed by atoms with Gasteiger partial charge in [-0.3, -0.25) is 9.30 Å². The quantitative estimate of drug-likeness (QED) is 0.743. The van der Waals surface area contributed by atoms with Gasteiger partial charge >= 0.3 is 0 Å². The monoisotopic (exact) mass is 294 g/mol. The molecule has 3 aromatic rings. The summed E-state index contributed by atoms with van der Waals surface area (Å²) in [7, 11) is 0. The number of hydrogen-bond donors (Lipinski definition) is 0. The van der Waals surface area contributed by atoms with Crippen molar-refractivity contribution in [3.05, 3.63) is 54.7 Å². The summed E-state index contributed by atoms with van der Waals surface area (Å²) in [5, 5.41) is 0. The molecule has 0 unspecified atom stereocenters. The summed E-state index contributed by atoms with van der Waals surface area (Å²) in [6, 6.07) is 8.72. The highest BCUT2D eigenvalue weighted by Crippen LogP contribution is 2.20. The van der Waals surface area contributed by atoms with Crippen LogP contribution in [0.3, 0.4) is 0 Å².